The third kappa shape index (κ3) is 3.59. The maximum absolute atomic E-state index is 10.9. The Bertz CT molecular complexity index is 189. The molecule has 3 nitrogen and oxygen atoms in total. The second-order valence-electron chi connectivity index (χ2n) is 2.96. The molecule has 0 aromatic rings. The molecule has 1 heterocycles. The first kappa shape index (κ1) is 12.2. The number of hydrogen-bond acceptors (Lipinski definition) is 3. The van der Waals surface area contributed by atoms with E-state index in [-0.39, 0.29) is 0 Å². The number of carbonyl (C=O) groups excluding carboxylic acids is 1. The van der Waals surface area contributed by atoms with Gasteiger partial charge in [0, 0.05) is 25.7 Å². The van der Waals surface area contributed by atoms with Gasteiger partial charge in [-0.2, -0.15) is 0 Å². The third-order valence-corrected chi connectivity index (χ3v) is 1.86. The minimum atomic E-state index is 0.310. The quantitative estimate of drug-likeness (QED) is 0.619. The van der Waals surface area contributed by atoms with Crippen molar-refractivity contribution in [1.82, 2.24) is 10.0 Å². The summed E-state index contributed by atoms with van der Waals surface area (Å²) in [6.45, 7) is 11.1. The molecular formula is C10H20N2O. The maximum atomic E-state index is 10.9. The number of hydrogen-bond donors (Lipinski definition) is 0. The molecule has 0 N–H and O–H groups in total. The third-order valence-electron chi connectivity index (χ3n) is 1.86. The molecule has 1 saturated heterocycles. The highest BCUT2D eigenvalue weighted by molar-refractivity contribution is 5.81. The van der Waals surface area contributed by atoms with Crippen LogP contribution in [0.25, 0.3) is 0 Å². The van der Waals surface area contributed by atoms with Gasteiger partial charge in [-0.1, -0.05) is 20.4 Å². The predicted molar refractivity (Wildman–Crippen MR) is 55.1 cm³/mol. The van der Waals surface area contributed by atoms with Gasteiger partial charge in [0.25, 0.3) is 0 Å². The van der Waals surface area contributed by atoms with Gasteiger partial charge in [-0.3, -0.25) is 4.79 Å². The lowest BCUT2D eigenvalue weighted by Gasteiger charge is -2.36. The smallest absolute Gasteiger partial charge is 0.150 e. The van der Waals surface area contributed by atoms with Gasteiger partial charge < -0.3 is 5.01 Å². The van der Waals surface area contributed by atoms with Gasteiger partial charge in [-0.05, 0) is 6.92 Å². The molecule has 0 bridgehead atoms. The van der Waals surface area contributed by atoms with Gasteiger partial charge in [0.2, 0.25) is 0 Å². The Morgan fingerprint density at radius 3 is 2.38 bits per heavy atom. The maximum Gasteiger partial charge on any atom is 0.150 e. The Morgan fingerprint density at radius 2 is 2.00 bits per heavy atom. The number of allylic oxidation sites excluding steroid dienone is 1. The molecule has 76 valence electrons. The van der Waals surface area contributed by atoms with Crippen LogP contribution >= 0.6 is 0 Å². The van der Waals surface area contributed by atoms with Crippen molar-refractivity contribution >= 4 is 5.78 Å². The van der Waals surface area contributed by atoms with E-state index < -0.39 is 0 Å². The van der Waals surface area contributed by atoms with Crippen LogP contribution in [0.5, 0.6) is 0 Å². The lowest BCUT2D eigenvalue weighted by atomic mass is 10.2. The largest absolute Gasteiger partial charge is 0.310 e. The molecule has 3 heteroatoms. The average Bonchev–Trinajstić information content (AvgIpc) is 2.07. The van der Waals surface area contributed by atoms with E-state index in [9.17, 15) is 4.79 Å². The highest BCUT2D eigenvalue weighted by Crippen LogP contribution is 2.10. The molecule has 0 saturated carbocycles. The highest BCUT2D eigenvalue weighted by atomic mass is 16.1. The van der Waals surface area contributed by atoms with Crippen LogP contribution in [-0.2, 0) is 4.79 Å². The normalized spacial score (nSPS) is 17.8. The molecule has 0 unspecified atom stereocenters. The minimum Gasteiger partial charge on any atom is -0.310 e. The first-order chi connectivity index (χ1) is 6.11. The summed E-state index contributed by atoms with van der Waals surface area (Å²) in [4.78, 5) is 10.9. The number of likely N-dealkylation sites (N-methyl/N-ethyl adjacent to an activating group) is 1. The molecule has 1 fully saturated rings. The lowest BCUT2D eigenvalue weighted by Crippen LogP contribution is -2.46. The number of ketones is 1. The molecule has 0 radical (unpaired) electrons. The first-order valence-electron chi connectivity index (χ1n) is 4.77. The van der Waals surface area contributed by atoms with Crippen molar-refractivity contribution in [2.75, 3.05) is 20.1 Å². The molecule has 0 aliphatic carbocycles. The lowest BCUT2D eigenvalue weighted by molar-refractivity contribution is -0.129. The molecule has 1 aliphatic rings. The van der Waals surface area contributed by atoms with Crippen LogP contribution in [0.3, 0.4) is 0 Å². The van der Waals surface area contributed by atoms with Crippen molar-refractivity contribution < 1.29 is 4.79 Å². The van der Waals surface area contributed by atoms with Crippen molar-refractivity contribution in [1.29, 1.82) is 0 Å². The monoisotopic (exact) mass is 184 g/mol. The van der Waals surface area contributed by atoms with Gasteiger partial charge in [-0.15, -0.1) is 0 Å². The van der Waals surface area contributed by atoms with Gasteiger partial charge >= 0.3 is 0 Å². The van der Waals surface area contributed by atoms with Crippen LogP contribution in [0, 0.1) is 0 Å². The van der Waals surface area contributed by atoms with Crippen molar-refractivity contribution in [3.63, 3.8) is 0 Å². The molecule has 1 rings (SSSR count). The second kappa shape index (κ2) is 5.75. The summed E-state index contributed by atoms with van der Waals surface area (Å²) < 4.78 is 0. The predicted octanol–water partition coefficient (Wildman–Crippen LogP) is 1.67. The van der Waals surface area contributed by atoms with Crippen molar-refractivity contribution in [3.05, 3.63) is 12.3 Å². The van der Waals surface area contributed by atoms with E-state index in [1.165, 1.54) is 0 Å². The Hall–Kier alpha value is -0.830. The summed E-state index contributed by atoms with van der Waals surface area (Å²) in [7, 11) is 1.91. The van der Waals surface area contributed by atoms with Crippen LogP contribution in [-0.4, -0.2) is 35.9 Å². The molecular weight excluding hydrogens is 164 g/mol. The Labute approximate surface area is 81.0 Å². The standard InChI is InChI=1S/C8H14N2O.C2H6/c1-7(2)10-5-4-8(11)6-9(10)3;1-2/h1,4-6H2,2-3H3;1-2H3. The zero-order valence-corrected chi connectivity index (χ0v) is 9.13. The summed E-state index contributed by atoms with van der Waals surface area (Å²) in [5, 5.41) is 3.94. The molecule has 0 atom stereocenters. The summed E-state index contributed by atoms with van der Waals surface area (Å²) >= 11 is 0. The Kier molecular flexibility index (Phi) is 5.39. The molecule has 0 aromatic heterocycles. The van der Waals surface area contributed by atoms with Crippen molar-refractivity contribution in [2.24, 2.45) is 0 Å². The number of rotatable bonds is 1. The summed E-state index contributed by atoms with van der Waals surface area (Å²) in [6, 6.07) is 0. The van der Waals surface area contributed by atoms with Crippen LogP contribution in [0.2, 0.25) is 0 Å². The van der Waals surface area contributed by atoms with Crippen molar-refractivity contribution in [2.45, 2.75) is 27.2 Å². The fourth-order valence-electron chi connectivity index (χ4n) is 1.30. The van der Waals surface area contributed by atoms with Gasteiger partial charge in [-0.25, -0.2) is 5.01 Å². The molecule has 0 amide bonds. The zero-order chi connectivity index (χ0) is 10.4. The second-order valence-corrected chi connectivity index (χ2v) is 2.96. The summed E-state index contributed by atoms with van der Waals surface area (Å²) in [5.41, 5.74) is 1.00. The summed E-state index contributed by atoms with van der Waals surface area (Å²) in [5.74, 6) is 0.310. The average molecular weight is 184 g/mol. The van der Waals surface area contributed by atoms with Gasteiger partial charge in [0.15, 0.2) is 5.78 Å². The van der Waals surface area contributed by atoms with Crippen LogP contribution in [0.1, 0.15) is 27.2 Å². The van der Waals surface area contributed by atoms with Crippen molar-refractivity contribution in [3.8, 4) is 0 Å². The molecule has 1 aliphatic heterocycles. The van der Waals surface area contributed by atoms with E-state index in [4.69, 9.17) is 0 Å². The number of carbonyl (C=O) groups is 1. The van der Waals surface area contributed by atoms with E-state index in [2.05, 4.69) is 6.58 Å². The minimum absolute atomic E-state index is 0.310. The first-order valence-corrected chi connectivity index (χ1v) is 4.77. The highest BCUT2D eigenvalue weighted by Gasteiger charge is 2.20. The van der Waals surface area contributed by atoms with Crippen LogP contribution < -0.4 is 0 Å². The SMILES string of the molecule is C=C(C)N1CCC(=O)CN1C.CC. The van der Waals surface area contributed by atoms with E-state index in [0.717, 1.165) is 12.2 Å². The number of nitrogens with zero attached hydrogens (tertiary/aromatic N) is 2. The fraction of sp³-hybridized carbons (Fsp3) is 0.700. The van der Waals surface area contributed by atoms with E-state index in [1.54, 1.807) is 0 Å². The topological polar surface area (TPSA) is 23.6 Å². The molecule has 0 spiro atoms. The zero-order valence-electron chi connectivity index (χ0n) is 9.13. The number of Topliss-reactive ketones (excluding diaryl/α,β-unsaturated/α-hetero) is 1. The van der Waals surface area contributed by atoms with E-state index in [1.807, 2.05) is 37.8 Å². The van der Waals surface area contributed by atoms with Gasteiger partial charge in [0.1, 0.15) is 0 Å². The Balaban J connectivity index is 0.000000671. The van der Waals surface area contributed by atoms with Gasteiger partial charge in [0.05, 0.1) is 6.54 Å². The van der Waals surface area contributed by atoms with E-state index >= 15 is 0 Å². The van der Waals surface area contributed by atoms with Crippen LogP contribution in [0.4, 0.5) is 0 Å². The van der Waals surface area contributed by atoms with Crippen LogP contribution in [0.15, 0.2) is 12.3 Å². The fourth-order valence-corrected chi connectivity index (χ4v) is 1.30. The molecule has 13 heavy (non-hydrogen) atoms. The molecule has 0 aromatic carbocycles. The van der Waals surface area contributed by atoms with E-state index in [0.29, 0.717) is 18.7 Å². The number of hydrazine groups is 1. The summed E-state index contributed by atoms with van der Waals surface area (Å²) in [6.07, 6.45) is 0.650. The Morgan fingerprint density at radius 1 is 1.46 bits per heavy atom.